The van der Waals surface area contributed by atoms with Crippen LogP contribution >= 0.6 is 31.7 Å². The third-order valence-electron chi connectivity index (χ3n) is 16.8. The molecular weight excluding hydrogens is 1390 g/mol. The maximum Gasteiger partial charge on any atom is 2.00 e. The van der Waals surface area contributed by atoms with E-state index < -0.39 is 15.8 Å². The van der Waals surface area contributed by atoms with Crippen molar-refractivity contribution in [2.24, 2.45) is 0 Å². The van der Waals surface area contributed by atoms with Gasteiger partial charge in [-0.25, -0.2) is 0 Å². The first-order valence-corrected chi connectivity index (χ1v) is 39.6. The summed E-state index contributed by atoms with van der Waals surface area (Å²) < 4.78 is 0. The number of rotatable bonds is 28. The minimum atomic E-state index is -0.493. The summed E-state index contributed by atoms with van der Waals surface area (Å²) in [7, 11) is -0.857. The maximum absolute atomic E-state index is 2.47. The van der Waals surface area contributed by atoms with Crippen molar-refractivity contribution in [3.8, 4) is 0 Å². The number of fused-ring (bicyclic) bond motifs is 4. The van der Waals surface area contributed by atoms with Gasteiger partial charge in [0.15, 0.2) is 0 Å². The van der Waals surface area contributed by atoms with Gasteiger partial charge in [0, 0.05) is 0 Å². The number of halogens is 2. The molecule has 12 aromatic carbocycles. The third kappa shape index (κ3) is 24.4. The second-order valence-corrected chi connectivity index (χ2v) is 33.0. The second-order valence-electron chi connectivity index (χ2n) is 23.6. The van der Waals surface area contributed by atoms with Crippen molar-refractivity contribution in [1.29, 1.82) is 0 Å². The molecule has 0 radical (unpaired) electrons. The fourth-order valence-electron chi connectivity index (χ4n) is 12.0. The largest absolute Gasteiger partial charge is 2.00 e. The SMILES string of the molecule is CCCCCCP(CCCCCC)c1cc2ccccc2[cH-]1.CCCCCCP(CCCCCC)c1cc2ccccc2[cH-]1.[Cl-].[Cl-].[Zr+2].[Zr+2].c1ccc(P(c2ccccc2)c2cc3ccccc3[cH-]2)cc1.c1ccc(P(c2ccccc2)c2cc3ccccc3[cH-]2)cc1. The molecule has 0 aromatic heterocycles. The summed E-state index contributed by atoms with van der Waals surface area (Å²) in [6.07, 6.45) is 28.1. The van der Waals surface area contributed by atoms with E-state index in [1.807, 2.05) is 0 Å². The zero-order valence-corrected chi connectivity index (χ0v) is 65.1. The van der Waals surface area contributed by atoms with Crippen LogP contribution in [0.2, 0.25) is 0 Å². The van der Waals surface area contributed by atoms with Crippen LogP contribution in [0.3, 0.4) is 0 Å². The first-order valence-electron chi connectivity index (χ1n) is 33.5. The molecule has 92 heavy (non-hydrogen) atoms. The van der Waals surface area contributed by atoms with Crippen LogP contribution in [0, 0.1) is 0 Å². The number of benzene rings is 8. The van der Waals surface area contributed by atoms with Gasteiger partial charge in [0.25, 0.3) is 0 Å². The fraction of sp³-hybridized carbons (Fsp3) is 0.286. The Morgan fingerprint density at radius 1 is 0.239 bits per heavy atom. The van der Waals surface area contributed by atoms with E-state index in [2.05, 4.69) is 295 Å². The smallest absolute Gasteiger partial charge is 1.00 e. The quantitative estimate of drug-likeness (QED) is 0.0260. The van der Waals surface area contributed by atoms with Crippen molar-refractivity contribution in [3.63, 3.8) is 0 Å². The van der Waals surface area contributed by atoms with Gasteiger partial charge >= 0.3 is 52.4 Å². The van der Waals surface area contributed by atoms with Crippen LogP contribution in [0.4, 0.5) is 0 Å². The molecule has 0 aliphatic heterocycles. The van der Waals surface area contributed by atoms with E-state index in [1.165, 1.54) is 202 Å². The molecule has 12 rings (SSSR count). The van der Waals surface area contributed by atoms with Gasteiger partial charge in [0.2, 0.25) is 0 Å². The van der Waals surface area contributed by atoms with Crippen LogP contribution in [-0.4, -0.2) is 24.6 Å². The average Bonchev–Trinajstić information content (AvgIpc) is 1.66. The maximum atomic E-state index is 2.47. The van der Waals surface area contributed by atoms with Gasteiger partial charge in [0.05, 0.1) is 0 Å². The zero-order valence-electron chi connectivity index (χ0n) is 55.1. The summed E-state index contributed by atoms with van der Waals surface area (Å²) in [5.41, 5.74) is 0. The normalized spacial score (nSPS) is 10.9. The molecule has 0 unspecified atom stereocenters. The molecule has 0 aliphatic carbocycles. The molecule has 12 aromatic rings. The van der Waals surface area contributed by atoms with Crippen molar-refractivity contribution >= 4 is 117 Å². The van der Waals surface area contributed by atoms with Gasteiger partial charge in [-0.1, -0.05) is 266 Å². The molecule has 0 amide bonds. The summed E-state index contributed by atoms with van der Waals surface area (Å²) in [6, 6.07) is 97.6. The van der Waals surface area contributed by atoms with E-state index in [4.69, 9.17) is 0 Å². The summed E-state index contributed by atoms with van der Waals surface area (Å²) in [5.74, 6) is 0. The first kappa shape index (κ1) is 79.0. The van der Waals surface area contributed by atoms with E-state index in [0.717, 1.165) is 0 Å². The van der Waals surface area contributed by atoms with Crippen LogP contribution in [0.5, 0.6) is 0 Å². The molecule has 0 aliphatic rings. The Morgan fingerprint density at radius 3 is 0.674 bits per heavy atom. The molecule has 476 valence electrons. The Bertz CT molecular complexity index is 3330. The van der Waals surface area contributed by atoms with Crippen LogP contribution in [0.15, 0.2) is 267 Å². The first-order chi connectivity index (χ1) is 43.5. The topological polar surface area (TPSA) is 0 Å². The standard InChI is InChI=1S/2C21H16P.2C21H32P.2ClH.2Zr/c2*1-3-11-19(12-4-1)22(20-13-5-2-6-14-20)21-15-17-9-7-8-10-18(17)16-21;2*1-3-5-7-11-15-22(16-12-8-6-4-2)21-17-19-13-9-10-14-20(19)18-21;;;;/h2*1-16H;2*9-10,13-14,17-18H,3-8,11-12,15-16H2,1-2H3;2*1H;;/q4*-1;;;2*+2/p-2. The Hall–Kier alpha value is -3.73. The monoisotopic (exact) mass is 1480 g/mol. The van der Waals surface area contributed by atoms with Crippen LogP contribution < -0.4 is 67.3 Å². The third-order valence-corrected chi connectivity index (χ3v) is 27.1. The average molecular weight is 1480 g/mol. The molecule has 8 heteroatoms. The van der Waals surface area contributed by atoms with E-state index in [9.17, 15) is 0 Å². The molecular formula is C84H96Cl2P4Zr2-2. The summed E-state index contributed by atoms with van der Waals surface area (Å²) in [4.78, 5) is 0. The Kier molecular flexibility index (Phi) is 38.5. The summed E-state index contributed by atoms with van der Waals surface area (Å²) >= 11 is 0. The predicted molar refractivity (Wildman–Crippen MR) is 405 cm³/mol. The summed E-state index contributed by atoms with van der Waals surface area (Å²) in [6.45, 7) is 9.21. The fourth-order valence-corrected chi connectivity index (χ4v) is 22.0. The van der Waals surface area contributed by atoms with Gasteiger partial charge < -0.3 is 24.8 Å². The molecule has 0 saturated carbocycles. The van der Waals surface area contributed by atoms with Gasteiger partial charge in [-0.15, -0.1) is 161 Å². The van der Waals surface area contributed by atoms with E-state index in [1.54, 1.807) is 10.6 Å². The molecule has 0 bridgehead atoms. The van der Waals surface area contributed by atoms with E-state index in [-0.39, 0.29) is 93.1 Å². The number of hydrogen-bond acceptors (Lipinski definition) is 0. The molecule has 0 N–H and O–H groups in total. The van der Waals surface area contributed by atoms with E-state index in [0.29, 0.717) is 0 Å². The van der Waals surface area contributed by atoms with Gasteiger partial charge in [0.1, 0.15) is 0 Å². The Labute approximate surface area is 610 Å². The van der Waals surface area contributed by atoms with Gasteiger partial charge in [-0.3, -0.25) is 0 Å². The minimum Gasteiger partial charge on any atom is -1.00 e. The molecule has 0 saturated heterocycles. The van der Waals surface area contributed by atoms with Crippen molar-refractivity contribution < 1.29 is 77.2 Å². The van der Waals surface area contributed by atoms with Crippen LogP contribution in [0.1, 0.15) is 130 Å². The number of unbranched alkanes of at least 4 members (excludes halogenated alkanes) is 12. The molecule has 0 atom stereocenters. The molecule has 0 nitrogen and oxygen atoms in total. The predicted octanol–water partition coefficient (Wildman–Crippen LogP) is 16.3. The van der Waals surface area contributed by atoms with Gasteiger partial charge in [-0.2, -0.15) is 24.3 Å². The molecule has 0 spiro atoms. The zero-order chi connectivity index (χ0) is 60.8. The minimum absolute atomic E-state index is 0. The Morgan fingerprint density at radius 2 is 0.446 bits per heavy atom. The van der Waals surface area contributed by atoms with Crippen LogP contribution in [0.25, 0.3) is 43.1 Å². The van der Waals surface area contributed by atoms with E-state index >= 15 is 0 Å². The Balaban J connectivity index is 0.000000219. The second kappa shape index (κ2) is 44.9. The van der Waals surface area contributed by atoms with Crippen LogP contribution in [-0.2, 0) is 52.4 Å². The van der Waals surface area contributed by atoms with Crippen molar-refractivity contribution in [1.82, 2.24) is 0 Å². The van der Waals surface area contributed by atoms with Crippen molar-refractivity contribution in [3.05, 3.63) is 267 Å². The van der Waals surface area contributed by atoms with Crippen molar-refractivity contribution in [2.45, 2.75) is 130 Å². The van der Waals surface area contributed by atoms with Gasteiger partial charge in [-0.05, 0) is 87.4 Å². The van der Waals surface area contributed by atoms with Crippen molar-refractivity contribution in [2.75, 3.05) is 24.6 Å². The molecule has 0 fully saturated rings. The summed E-state index contributed by atoms with van der Waals surface area (Å²) in [5, 5.41) is 22.8. The molecule has 0 heterocycles. The number of hydrogen-bond donors (Lipinski definition) is 0.